The van der Waals surface area contributed by atoms with Crippen LogP contribution in [0.3, 0.4) is 0 Å². The van der Waals surface area contributed by atoms with E-state index in [-0.39, 0.29) is 6.10 Å². The van der Waals surface area contributed by atoms with Gasteiger partial charge in [-0.3, -0.25) is 4.90 Å². The molecule has 1 fully saturated rings. The maximum atomic E-state index is 9.64. The minimum absolute atomic E-state index is 0.131. The van der Waals surface area contributed by atoms with E-state index in [0.717, 1.165) is 31.6 Å². The predicted molar refractivity (Wildman–Crippen MR) is 69.5 cm³/mol. The lowest BCUT2D eigenvalue weighted by molar-refractivity contribution is 0.0404. The Morgan fingerprint density at radius 3 is 2.82 bits per heavy atom. The molecule has 0 amide bonds. The number of hydrogen-bond donors (Lipinski definition) is 1. The van der Waals surface area contributed by atoms with E-state index in [2.05, 4.69) is 23.7 Å². The van der Waals surface area contributed by atoms with Crippen molar-refractivity contribution in [3.8, 4) is 11.8 Å². The van der Waals surface area contributed by atoms with Crippen molar-refractivity contribution in [1.29, 1.82) is 0 Å². The molecule has 2 heteroatoms. The van der Waals surface area contributed by atoms with Crippen molar-refractivity contribution in [2.75, 3.05) is 19.6 Å². The van der Waals surface area contributed by atoms with Gasteiger partial charge in [-0.2, -0.15) is 0 Å². The first kappa shape index (κ1) is 12.2. The summed E-state index contributed by atoms with van der Waals surface area (Å²) in [5.74, 6) is 6.73. The largest absolute Gasteiger partial charge is 0.393 e. The van der Waals surface area contributed by atoms with Gasteiger partial charge in [0.1, 0.15) is 0 Å². The smallest absolute Gasteiger partial charge is 0.0605 e. The van der Waals surface area contributed by atoms with E-state index < -0.39 is 0 Å². The van der Waals surface area contributed by atoms with Crippen molar-refractivity contribution in [3.05, 3.63) is 35.9 Å². The molecule has 0 saturated carbocycles. The molecule has 0 aliphatic carbocycles. The molecule has 1 aliphatic heterocycles. The van der Waals surface area contributed by atoms with E-state index in [1.54, 1.807) is 0 Å². The van der Waals surface area contributed by atoms with Crippen LogP contribution in [0.4, 0.5) is 0 Å². The summed E-state index contributed by atoms with van der Waals surface area (Å²) < 4.78 is 0. The van der Waals surface area contributed by atoms with Gasteiger partial charge in [0, 0.05) is 18.7 Å². The number of rotatable bonds is 1. The van der Waals surface area contributed by atoms with Crippen molar-refractivity contribution in [2.24, 2.45) is 5.92 Å². The van der Waals surface area contributed by atoms with Gasteiger partial charge in [-0.15, -0.1) is 0 Å². The third-order valence-corrected chi connectivity index (χ3v) is 3.25. The Kier molecular flexibility index (Phi) is 4.19. The Labute approximate surface area is 103 Å². The second kappa shape index (κ2) is 5.86. The third-order valence-electron chi connectivity index (χ3n) is 3.25. The molecule has 1 aromatic rings. The zero-order chi connectivity index (χ0) is 12.1. The van der Waals surface area contributed by atoms with Gasteiger partial charge in [0.2, 0.25) is 0 Å². The molecular weight excluding hydrogens is 210 g/mol. The lowest BCUT2D eigenvalue weighted by Crippen LogP contribution is -2.41. The molecule has 2 nitrogen and oxygen atoms in total. The molecule has 2 atom stereocenters. The molecule has 1 aromatic carbocycles. The van der Waals surface area contributed by atoms with E-state index >= 15 is 0 Å². The SMILES string of the molecule is CC1CN(CC#Cc2ccccc2)CCC1O. The number of aliphatic hydroxyl groups is 1. The molecule has 1 N–H and O–H groups in total. The summed E-state index contributed by atoms with van der Waals surface area (Å²) >= 11 is 0. The van der Waals surface area contributed by atoms with Crippen molar-refractivity contribution >= 4 is 0 Å². The van der Waals surface area contributed by atoms with E-state index in [1.807, 2.05) is 30.3 Å². The summed E-state index contributed by atoms with van der Waals surface area (Å²) in [6, 6.07) is 10.1. The monoisotopic (exact) mass is 229 g/mol. The highest BCUT2D eigenvalue weighted by molar-refractivity contribution is 5.33. The van der Waals surface area contributed by atoms with Crippen LogP contribution in [0.25, 0.3) is 0 Å². The van der Waals surface area contributed by atoms with Crippen LogP contribution >= 0.6 is 0 Å². The fraction of sp³-hybridized carbons (Fsp3) is 0.467. The minimum atomic E-state index is -0.131. The molecule has 1 aliphatic rings. The molecule has 1 saturated heterocycles. The highest BCUT2D eigenvalue weighted by atomic mass is 16.3. The molecule has 17 heavy (non-hydrogen) atoms. The number of aliphatic hydroxyl groups excluding tert-OH is 1. The number of nitrogens with zero attached hydrogens (tertiary/aromatic N) is 1. The average Bonchev–Trinajstić information content (AvgIpc) is 2.35. The van der Waals surface area contributed by atoms with Gasteiger partial charge in [-0.25, -0.2) is 0 Å². The summed E-state index contributed by atoms with van der Waals surface area (Å²) in [5, 5.41) is 9.64. The predicted octanol–water partition coefficient (Wildman–Crippen LogP) is 1.74. The molecular formula is C15H19NO. The van der Waals surface area contributed by atoms with Crippen molar-refractivity contribution in [3.63, 3.8) is 0 Å². The number of benzene rings is 1. The molecule has 2 unspecified atom stereocenters. The first-order valence-electron chi connectivity index (χ1n) is 6.20. The summed E-state index contributed by atoms with van der Waals surface area (Å²) in [7, 11) is 0. The van der Waals surface area contributed by atoms with Gasteiger partial charge in [-0.05, 0) is 24.5 Å². The highest BCUT2D eigenvalue weighted by Gasteiger charge is 2.23. The Hall–Kier alpha value is -1.30. The van der Waals surface area contributed by atoms with E-state index in [9.17, 15) is 5.11 Å². The summed E-state index contributed by atoms with van der Waals surface area (Å²) in [6.45, 7) is 4.80. The number of piperidine rings is 1. The molecule has 0 spiro atoms. The maximum Gasteiger partial charge on any atom is 0.0605 e. The zero-order valence-corrected chi connectivity index (χ0v) is 10.3. The molecule has 0 radical (unpaired) electrons. The molecule has 0 bridgehead atoms. The molecule has 1 heterocycles. The first-order valence-corrected chi connectivity index (χ1v) is 6.20. The van der Waals surface area contributed by atoms with E-state index in [0.29, 0.717) is 5.92 Å². The second-order valence-corrected chi connectivity index (χ2v) is 4.74. The lowest BCUT2D eigenvalue weighted by atomic mass is 9.97. The standard InChI is InChI=1S/C15H19NO/c1-13-12-16(11-9-15(13)17)10-5-8-14-6-3-2-4-7-14/h2-4,6-7,13,15,17H,9-12H2,1H3. The van der Waals surface area contributed by atoms with Crippen LogP contribution < -0.4 is 0 Å². The summed E-state index contributed by atoms with van der Waals surface area (Å²) in [4.78, 5) is 2.31. The van der Waals surface area contributed by atoms with Gasteiger partial charge in [0.15, 0.2) is 0 Å². The summed E-state index contributed by atoms with van der Waals surface area (Å²) in [6.07, 6.45) is 0.738. The molecule has 2 rings (SSSR count). The van der Waals surface area contributed by atoms with Crippen LogP contribution in [0.2, 0.25) is 0 Å². The van der Waals surface area contributed by atoms with Gasteiger partial charge < -0.3 is 5.11 Å². The fourth-order valence-corrected chi connectivity index (χ4v) is 2.14. The van der Waals surface area contributed by atoms with Crippen molar-refractivity contribution in [2.45, 2.75) is 19.4 Å². The Morgan fingerprint density at radius 1 is 1.35 bits per heavy atom. The third kappa shape index (κ3) is 3.59. The van der Waals surface area contributed by atoms with Gasteiger partial charge in [0.25, 0.3) is 0 Å². The lowest BCUT2D eigenvalue weighted by Gasteiger charge is -2.33. The van der Waals surface area contributed by atoms with E-state index in [4.69, 9.17) is 0 Å². The van der Waals surface area contributed by atoms with Crippen LogP contribution in [0.15, 0.2) is 30.3 Å². The molecule has 0 aromatic heterocycles. The zero-order valence-electron chi connectivity index (χ0n) is 10.3. The number of hydrogen-bond acceptors (Lipinski definition) is 2. The first-order chi connectivity index (χ1) is 8.25. The summed E-state index contributed by atoms with van der Waals surface area (Å²) in [5.41, 5.74) is 1.07. The minimum Gasteiger partial charge on any atom is -0.393 e. The van der Waals surface area contributed by atoms with Crippen LogP contribution in [-0.4, -0.2) is 35.7 Å². The van der Waals surface area contributed by atoms with Crippen LogP contribution in [0.1, 0.15) is 18.9 Å². The van der Waals surface area contributed by atoms with Crippen LogP contribution in [0.5, 0.6) is 0 Å². The topological polar surface area (TPSA) is 23.5 Å². The fourth-order valence-electron chi connectivity index (χ4n) is 2.14. The van der Waals surface area contributed by atoms with Gasteiger partial charge in [0.05, 0.1) is 12.6 Å². The Morgan fingerprint density at radius 2 is 2.12 bits per heavy atom. The van der Waals surface area contributed by atoms with Crippen molar-refractivity contribution < 1.29 is 5.11 Å². The highest BCUT2D eigenvalue weighted by Crippen LogP contribution is 2.15. The van der Waals surface area contributed by atoms with Crippen LogP contribution in [0, 0.1) is 17.8 Å². The quantitative estimate of drug-likeness (QED) is 0.742. The van der Waals surface area contributed by atoms with Gasteiger partial charge in [-0.1, -0.05) is 37.0 Å². The molecule has 90 valence electrons. The maximum absolute atomic E-state index is 9.64. The average molecular weight is 229 g/mol. The normalized spacial score (nSPS) is 25.1. The number of likely N-dealkylation sites (tertiary alicyclic amines) is 1. The second-order valence-electron chi connectivity index (χ2n) is 4.74. The Bertz CT molecular complexity index is 404. The van der Waals surface area contributed by atoms with Crippen molar-refractivity contribution in [1.82, 2.24) is 4.90 Å². The van der Waals surface area contributed by atoms with Gasteiger partial charge >= 0.3 is 0 Å². The van der Waals surface area contributed by atoms with Crippen LogP contribution in [-0.2, 0) is 0 Å². The Balaban J connectivity index is 1.85. The van der Waals surface area contributed by atoms with E-state index in [1.165, 1.54) is 0 Å².